The van der Waals surface area contributed by atoms with Gasteiger partial charge in [0.15, 0.2) is 0 Å². The van der Waals surface area contributed by atoms with Crippen LogP contribution < -0.4 is 4.90 Å². The summed E-state index contributed by atoms with van der Waals surface area (Å²) >= 11 is 5.96. The molecule has 0 heterocycles. The molecular weight excluding hydrogens is 281 g/mol. The SMILES string of the molecule is CCN(c1cccc(F)c1)c1ccc(C(=O)O)c(Cl)c1. The first-order valence-electron chi connectivity index (χ1n) is 6.09. The lowest BCUT2D eigenvalue weighted by Gasteiger charge is -2.23. The van der Waals surface area contributed by atoms with Crippen molar-refractivity contribution >= 4 is 28.9 Å². The van der Waals surface area contributed by atoms with Gasteiger partial charge in [0.1, 0.15) is 5.82 Å². The Balaban J connectivity index is 2.42. The summed E-state index contributed by atoms with van der Waals surface area (Å²) < 4.78 is 13.3. The second-order valence-corrected chi connectivity index (χ2v) is 4.60. The molecule has 0 aliphatic heterocycles. The summed E-state index contributed by atoms with van der Waals surface area (Å²) in [4.78, 5) is 12.8. The van der Waals surface area contributed by atoms with E-state index < -0.39 is 5.97 Å². The van der Waals surface area contributed by atoms with Gasteiger partial charge in [-0.15, -0.1) is 0 Å². The van der Waals surface area contributed by atoms with Gasteiger partial charge >= 0.3 is 5.97 Å². The maximum absolute atomic E-state index is 13.3. The van der Waals surface area contributed by atoms with E-state index in [1.807, 2.05) is 11.8 Å². The number of hydrogen-bond acceptors (Lipinski definition) is 2. The minimum absolute atomic E-state index is 0.0470. The number of aromatic carboxylic acids is 1. The maximum atomic E-state index is 13.3. The van der Waals surface area contributed by atoms with Gasteiger partial charge in [0.2, 0.25) is 0 Å². The van der Waals surface area contributed by atoms with Crippen molar-refractivity contribution in [2.24, 2.45) is 0 Å². The zero-order chi connectivity index (χ0) is 14.7. The minimum Gasteiger partial charge on any atom is -0.478 e. The molecule has 0 unspecified atom stereocenters. The van der Waals surface area contributed by atoms with E-state index in [9.17, 15) is 9.18 Å². The van der Waals surface area contributed by atoms with E-state index in [1.165, 1.54) is 18.2 Å². The number of carboxylic acid groups (broad SMARTS) is 1. The number of rotatable bonds is 4. The predicted molar refractivity (Wildman–Crippen MR) is 77.5 cm³/mol. The lowest BCUT2D eigenvalue weighted by Crippen LogP contribution is -2.16. The Morgan fingerprint density at radius 1 is 1.25 bits per heavy atom. The number of carboxylic acids is 1. The number of carbonyl (C=O) groups is 1. The third-order valence-corrected chi connectivity index (χ3v) is 3.24. The molecule has 2 aromatic rings. The molecule has 0 bridgehead atoms. The Bertz CT molecular complexity index is 646. The Kier molecular flexibility index (Phi) is 4.25. The molecule has 0 fully saturated rings. The standard InChI is InChI=1S/C15H13ClFNO2/c1-2-18(11-5-3-4-10(17)8-11)12-6-7-13(15(19)20)14(16)9-12/h3-9H,2H2,1H3,(H,19,20). The highest BCUT2D eigenvalue weighted by atomic mass is 35.5. The van der Waals surface area contributed by atoms with Gasteiger partial charge in [-0.2, -0.15) is 0 Å². The van der Waals surface area contributed by atoms with Gasteiger partial charge in [0.25, 0.3) is 0 Å². The Morgan fingerprint density at radius 2 is 1.95 bits per heavy atom. The third kappa shape index (κ3) is 2.91. The molecule has 0 saturated carbocycles. The molecule has 1 N–H and O–H groups in total. The van der Waals surface area contributed by atoms with E-state index >= 15 is 0 Å². The van der Waals surface area contributed by atoms with Crippen LogP contribution >= 0.6 is 11.6 Å². The summed E-state index contributed by atoms with van der Waals surface area (Å²) in [6.07, 6.45) is 0. The van der Waals surface area contributed by atoms with Crippen LogP contribution in [0.5, 0.6) is 0 Å². The second kappa shape index (κ2) is 5.92. The van der Waals surface area contributed by atoms with E-state index in [2.05, 4.69) is 0 Å². The van der Waals surface area contributed by atoms with Gasteiger partial charge in [-0.3, -0.25) is 0 Å². The molecule has 0 aliphatic rings. The molecule has 2 aromatic carbocycles. The molecule has 0 radical (unpaired) electrons. The maximum Gasteiger partial charge on any atom is 0.337 e. The Morgan fingerprint density at radius 3 is 2.50 bits per heavy atom. The van der Waals surface area contributed by atoms with Crippen LogP contribution in [0.3, 0.4) is 0 Å². The van der Waals surface area contributed by atoms with Crippen LogP contribution in [0.25, 0.3) is 0 Å². The largest absolute Gasteiger partial charge is 0.478 e. The lowest BCUT2D eigenvalue weighted by molar-refractivity contribution is 0.0697. The van der Waals surface area contributed by atoms with Gasteiger partial charge in [0.05, 0.1) is 10.6 Å². The predicted octanol–water partition coefficient (Wildman–Crippen LogP) is 4.34. The molecule has 20 heavy (non-hydrogen) atoms. The molecule has 0 aliphatic carbocycles. The van der Waals surface area contributed by atoms with Crippen molar-refractivity contribution in [3.05, 3.63) is 58.9 Å². The van der Waals surface area contributed by atoms with Crippen LogP contribution in [0.15, 0.2) is 42.5 Å². The number of benzene rings is 2. The van der Waals surface area contributed by atoms with Crippen molar-refractivity contribution in [1.82, 2.24) is 0 Å². The van der Waals surface area contributed by atoms with Crippen LogP contribution in [0, 0.1) is 5.82 Å². The zero-order valence-electron chi connectivity index (χ0n) is 10.8. The summed E-state index contributed by atoms with van der Waals surface area (Å²) in [5, 5.41) is 9.12. The van der Waals surface area contributed by atoms with Crippen LogP contribution in [-0.2, 0) is 0 Å². The third-order valence-electron chi connectivity index (χ3n) is 2.93. The Labute approximate surface area is 121 Å². The molecule has 0 atom stereocenters. The zero-order valence-corrected chi connectivity index (χ0v) is 11.6. The van der Waals surface area contributed by atoms with E-state index in [0.717, 1.165) is 0 Å². The fraction of sp³-hybridized carbons (Fsp3) is 0.133. The molecule has 0 spiro atoms. The van der Waals surface area contributed by atoms with Crippen molar-refractivity contribution < 1.29 is 14.3 Å². The van der Waals surface area contributed by atoms with E-state index in [0.29, 0.717) is 17.9 Å². The van der Waals surface area contributed by atoms with Gasteiger partial charge in [-0.1, -0.05) is 17.7 Å². The second-order valence-electron chi connectivity index (χ2n) is 4.19. The van der Waals surface area contributed by atoms with Crippen LogP contribution in [0.2, 0.25) is 5.02 Å². The highest BCUT2D eigenvalue weighted by Crippen LogP contribution is 2.29. The molecular formula is C15H13ClFNO2. The normalized spacial score (nSPS) is 10.3. The highest BCUT2D eigenvalue weighted by Gasteiger charge is 2.13. The highest BCUT2D eigenvalue weighted by molar-refractivity contribution is 6.33. The molecule has 5 heteroatoms. The van der Waals surface area contributed by atoms with Gasteiger partial charge < -0.3 is 10.0 Å². The first-order chi connectivity index (χ1) is 9.52. The topological polar surface area (TPSA) is 40.5 Å². The summed E-state index contributed by atoms with van der Waals surface area (Å²) in [6, 6.07) is 10.9. The van der Waals surface area contributed by atoms with Crippen LogP contribution in [-0.4, -0.2) is 17.6 Å². The fourth-order valence-corrected chi connectivity index (χ4v) is 2.26. The molecule has 2 rings (SSSR count). The molecule has 0 amide bonds. The summed E-state index contributed by atoms with van der Waals surface area (Å²) in [5.41, 5.74) is 1.45. The van der Waals surface area contributed by atoms with E-state index in [4.69, 9.17) is 16.7 Å². The van der Waals surface area contributed by atoms with Crippen LogP contribution in [0.4, 0.5) is 15.8 Å². The summed E-state index contributed by atoms with van der Waals surface area (Å²) in [6.45, 7) is 2.52. The van der Waals surface area contributed by atoms with Crippen molar-refractivity contribution in [3.8, 4) is 0 Å². The monoisotopic (exact) mass is 293 g/mol. The van der Waals surface area contributed by atoms with Crippen molar-refractivity contribution in [2.45, 2.75) is 6.92 Å². The van der Waals surface area contributed by atoms with Crippen molar-refractivity contribution in [1.29, 1.82) is 0 Å². The summed E-state index contributed by atoms with van der Waals surface area (Å²) in [7, 11) is 0. The molecule has 104 valence electrons. The molecule has 3 nitrogen and oxygen atoms in total. The van der Waals surface area contributed by atoms with Crippen molar-refractivity contribution in [3.63, 3.8) is 0 Å². The number of hydrogen-bond donors (Lipinski definition) is 1. The van der Waals surface area contributed by atoms with Crippen LogP contribution in [0.1, 0.15) is 17.3 Å². The smallest absolute Gasteiger partial charge is 0.337 e. The van der Waals surface area contributed by atoms with Gasteiger partial charge in [0, 0.05) is 17.9 Å². The average Bonchev–Trinajstić information content (AvgIpc) is 2.39. The quantitative estimate of drug-likeness (QED) is 0.912. The van der Waals surface area contributed by atoms with E-state index in [1.54, 1.807) is 24.3 Å². The number of anilines is 2. The molecule has 0 aromatic heterocycles. The Hall–Kier alpha value is -2.07. The lowest BCUT2D eigenvalue weighted by atomic mass is 10.1. The van der Waals surface area contributed by atoms with E-state index in [-0.39, 0.29) is 16.4 Å². The van der Waals surface area contributed by atoms with Gasteiger partial charge in [-0.05, 0) is 43.3 Å². The minimum atomic E-state index is -1.07. The first-order valence-corrected chi connectivity index (χ1v) is 6.46. The number of halogens is 2. The first kappa shape index (κ1) is 14.3. The fourth-order valence-electron chi connectivity index (χ4n) is 2.00. The molecule has 0 saturated heterocycles. The van der Waals surface area contributed by atoms with Crippen molar-refractivity contribution in [2.75, 3.05) is 11.4 Å². The average molecular weight is 294 g/mol. The van der Waals surface area contributed by atoms with Gasteiger partial charge in [-0.25, -0.2) is 9.18 Å². The summed E-state index contributed by atoms with van der Waals surface area (Å²) in [5.74, 6) is -1.40. The number of nitrogens with zero attached hydrogens (tertiary/aromatic N) is 1.